The van der Waals surface area contributed by atoms with Crippen molar-refractivity contribution in [3.05, 3.63) is 28.2 Å². The molecule has 18 heavy (non-hydrogen) atoms. The Labute approximate surface area is 114 Å². The summed E-state index contributed by atoms with van der Waals surface area (Å²) in [5, 5.41) is 5.61. The van der Waals surface area contributed by atoms with Crippen molar-refractivity contribution in [1.29, 1.82) is 0 Å². The maximum Gasteiger partial charge on any atom is 0.228 e. The van der Waals surface area contributed by atoms with E-state index < -0.39 is 0 Å². The van der Waals surface area contributed by atoms with Gasteiger partial charge in [-0.15, -0.1) is 0 Å². The third-order valence-corrected chi connectivity index (χ3v) is 3.56. The highest BCUT2D eigenvalue weighted by molar-refractivity contribution is 9.10. The van der Waals surface area contributed by atoms with Crippen LogP contribution in [0.3, 0.4) is 0 Å². The number of halogens is 1. The van der Waals surface area contributed by atoms with Crippen molar-refractivity contribution in [2.45, 2.75) is 19.8 Å². The molecule has 0 saturated carbocycles. The monoisotopic (exact) mass is 310 g/mol. The molecule has 1 fully saturated rings. The molecule has 1 saturated heterocycles. The molecule has 0 spiro atoms. The van der Waals surface area contributed by atoms with Crippen molar-refractivity contribution in [1.82, 2.24) is 5.32 Å². The van der Waals surface area contributed by atoms with Crippen LogP contribution < -0.4 is 10.6 Å². The number of benzene rings is 1. The Kier molecular flexibility index (Phi) is 4.01. The van der Waals surface area contributed by atoms with Crippen LogP contribution in [0.2, 0.25) is 0 Å². The minimum atomic E-state index is -0.221. The van der Waals surface area contributed by atoms with Gasteiger partial charge in [-0.25, -0.2) is 0 Å². The van der Waals surface area contributed by atoms with Crippen molar-refractivity contribution in [3.63, 3.8) is 0 Å². The summed E-state index contributed by atoms with van der Waals surface area (Å²) in [6.07, 6.45) is 0.981. The number of anilines is 1. The number of piperidine rings is 1. The van der Waals surface area contributed by atoms with Crippen LogP contribution in [0.1, 0.15) is 18.4 Å². The molecule has 1 aromatic carbocycles. The molecule has 1 aliphatic rings. The zero-order valence-electron chi connectivity index (χ0n) is 10.1. The number of hydrogen-bond acceptors (Lipinski definition) is 2. The summed E-state index contributed by atoms with van der Waals surface area (Å²) in [4.78, 5) is 23.3. The summed E-state index contributed by atoms with van der Waals surface area (Å²) >= 11 is 3.38. The lowest BCUT2D eigenvalue weighted by Crippen LogP contribution is -2.38. The molecule has 2 N–H and O–H groups in total. The molecule has 0 bridgehead atoms. The third kappa shape index (κ3) is 3.10. The molecule has 5 heteroatoms. The number of carbonyl (C=O) groups is 2. The zero-order valence-corrected chi connectivity index (χ0v) is 11.7. The minimum Gasteiger partial charge on any atom is -0.356 e. The van der Waals surface area contributed by atoms with Crippen molar-refractivity contribution in [3.8, 4) is 0 Å². The number of nitrogens with one attached hydrogen (secondary N) is 2. The Bertz CT molecular complexity index is 488. The second-order valence-electron chi connectivity index (χ2n) is 4.49. The molecule has 4 nitrogen and oxygen atoms in total. The molecular weight excluding hydrogens is 296 g/mol. The summed E-state index contributed by atoms with van der Waals surface area (Å²) in [6, 6.07) is 5.69. The van der Waals surface area contributed by atoms with Gasteiger partial charge in [0.05, 0.1) is 0 Å². The van der Waals surface area contributed by atoms with E-state index in [1.165, 1.54) is 0 Å². The van der Waals surface area contributed by atoms with Crippen LogP contribution in [0, 0.1) is 12.8 Å². The lowest BCUT2D eigenvalue weighted by atomic mass is 9.96. The van der Waals surface area contributed by atoms with E-state index in [2.05, 4.69) is 26.6 Å². The standard InChI is InChI=1S/C13H15BrN2O2/c1-8-6-10(14)2-3-11(8)16-13(18)9-4-5-15-12(17)7-9/h2-3,6,9H,4-5,7H2,1H3,(H,15,17)(H,16,18). The lowest BCUT2D eigenvalue weighted by Gasteiger charge is -2.21. The minimum absolute atomic E-state index is 0.0473. The molecule has 1 aliphatic heterocycles. The van der Waals surface area contributed by atoms with Gasteiger partial charge in [0.25, 0.3) is 0 Å². The van der Waals surface area contributed by atoms with Gasteiger partial charge in [-0.05, 0) is 37.1 Å². The van der Waals surface area contributed by atoms with Gasteiger partial charge in [0.2, 0.25) is 11.8 Å². The van der Waals surface area contributed by atoms with Crippen molar-refractivity contribution in [2.75, 3.05) is 11.9 Å². The predicted molar refractivity (Wildman–Crippen MR) is 73.2 cm³/mol. The second kappa shape index (κ2) is 5.52. The van der Waals surface area contributed by atoms with Gasteiger partial charge in [0, 0.05) is 29.0 Å². The molecule has 0 aromatic heterocycles. The molecule has 0 aliphatic carbocycles. The van der Waals surface area contributed by atoms with Crippen LogP contribution >= 0.6 is 15.9 Å². The Morgan fingerprint density at radius 2 is 2.28 bits per heavy atom. The molecule has 0 radical (unpaired) electrons. The first-order valence-corrected chi connectivity index (χ1v) is 6.69. The fourth-order valence-electron chi connectivity index (χ4n) is 2.01. The van der Waals surface area contributed by atoms with Gasteiger partial charge in [-0.1, -0.05) is 15.9 Å². The summed E-state index contributed by atoms with van der Waals surface area (Å²) in [6.45, 7) is 2.52. The summed E-state index contributed by atoms with van der Waals surface area (Å²) in [5.74, 6) is -0.342. The van der Waals surface area contributed by atoms with Crippen LogP contribution in [-0.4, -0.2) is 18.4 Å². The van der Waals surface area contributed by atoms with Gasteiger partial charge >= 0.3 is 0 Å². The SMILES string of the molecule is Cc1cc(Br)ccc1NC(=O)C1CCNC(=O)C1. The fraction of sp³-hybridized carbons (Fsp3) is 0.385. The van der Waals surface area contributed by atoms with E-state index in [-0.39, 0.29) is 24.2 Å². The lowest BCUT2D eigenvalue weighted by molar-refractivity contribution is -0.129. The molecule has 1 unspecified atom stereocenters. The van der Waals surface area contributed by atoms with Gasteiger partial charge < -0.3 is 10.6 Å². The highest BCUT2D eigenvalue weighted by Crippen LogP contribution is 2.22. The van der Waals surface area contributed by atoms with E-state index in [4.69, 9.17) is 0 Å². The van der Waals surface area contributed by atoms with Gasteiger partial charge in [-0.2, -0.15) is 0 Å². The van der Waals surface area contributed by atoms with Crippen molar-refractivity contribution >= 4 is 33.4 Å². The number of aryl methyl sites for hydroxylation is 1. The van der Waals surface area contributed by atoms with Crippen LogP contribution in [0.4, 0.5) is 5.69 Å². The molecule has 1 atom stereocenters. The normalized spacial score (nSPS) is 19.2. The van der Waals surface area contributed by atoms with E-state index in [0.717, 1.165) is 15.7 Å². The Hall–Kier alpha value is -1.36. The first-order chi connectivity index (χ1) is 8.56. The highest BCUT2D eigenvalue weighted by atomic mass is 79.9. The number of carbonyl (C=O) groups excluding carboxylic acids is 2. The van der Waals surface area contributed by atoms with Gasteiger partial charge in [-0.3, -0.25) is 9.59 Å². The predicted octanol–water partition coefficient (Wildman–Crippen LogP) is 2.22. The largest absolute Gasteiger partial charge is 0.356 e. The Morgan fingerprint density at radius 3 is 2.94 bits per heavy atom. The quantitative estimate of drug-likeness (QED) is 0.880. The highest BCUT2D eigenvalue weighted by Gasteiger charge is 2.25. The molecule has 2 amide bonds. The van der Waals surface area contributed by atoms with E-state index in [9.17, 15) is 9.59 Å². The summed E-state index contributed by atoms with van der Waals surface area (Å²) in [7, 11) is 0. The van der Waals surface area contributed by atoms with Gasteiger partial charge in [0.15, 0.2) is 0 Å². The van der Waals surface area contributed by atoms with Crippen molar-refractivity contribution < 1.29 is 9.59 Å². The van der Waals surface area contributed by atoms with Crippen molar-refractivity contribution in [2.24, 2.45) is 5.92 Å². The topological polar surface area (TPSA) is 58.2 Å². The van der Waals surface area contributed by atoms with Crippen LogP contribution in [0.25, 0.3) is 0 Å². The Balaban J connectivity index is 2.04. The van der Waals surface area contributed by atoms with Crippen LogP contribution in [0.15, 0.2) is 22.7 Å². The smallest absolute Gasteiger partial charge is 0.228 e. The first-order valence-electron chi connectivity index (χ1n) is 5.90. The third-order valence-electron chi connectivity index (χ3n) is 3.06. The second-order valence-corrected chi connectivity index (χ2v) is 5.40. The summed E-state index contributed by atoms with van der Waals surface area (Å²) < 4.78 is 0.982. The van der Waals surface area contributed by atoms with E-state index >= 15 is 0 Å². The average Bonchev–Trinajstić information content (AvgIpc) is 2.32. The van der Waals surface area contributed by atoms with Crippen LogP contribution in [0.5, 0.6) is 0 Å². The molecule has 96 valence electrons. The van der Waals surface area contributed by atoms with E-state index in [0.29, 0.717) is 13.0 Å². The average molecular weight is 311 g/mol. The molecule has 2 rings (SSSR count). The maximum absolute atomic E-state index is 12.0. The van der Waals surface area contributed by atoms with E-state index in [1.807, 2.05) is 25.1 Å². The van der Waals surface area contributed by atoms with E-state index in [1.54, 1.807) is 0 Å². The first kappa shape index (κ1) is 13.1. The molecule has 1 heterocycles. The van der Waals surface area contributed by atoms with Gasteiger partial charge in [0.1, 0.15) is 0 Å². The molecule has 1 aromatic rings. The zero-order chi connectivity index (χ0) is 13.1. The number of rotatable bonds is 2. The summed E-state index contributed by atoms with van der Waals surface area (Å²) in [5.41, 5.74) is 1.80. The Morgan fingerprint density at radius 1 is 1.50 bits per heavy atom. The number of amides is 2. The number of hydrogen-bond donors (Lipinski definition) is 2. The fourth-order valence-corrected chi connectivity index (χ4v) is 2.49. The maximum atomic E-state index is 12.0. The van der Waals surface area contributed by atoms with Crippen LogP contribution in [-0.2, 0) is 9.59 Å². The molecular formula is C13H15BrN2O2.